The lowest BCUT2D eigenvalue weighted by molar-refractivity contribution is -0.315. The Morgan fingerprint density at radius 3 is 2.19 bits per heavy atom. The molecule has 1 aromatic carbocycles. The van der Waals surface area contributed by atoms with Crippen LogP contribution in [-0.4, -0.2) is 69.3 Å². The van der Waals surface area contributed by atoms with Crippen LogP contribution in [0.2, 0.25) is 0 Å². The summed E-state index contributed by atoms with van der Waals surface area (Å²) in [5.74, 6) is -0.727. The molecule has 8 nitrogen and oxygen atoms in total. The molecule has 11 atom stereocenters. The first kappa shape index (κ1) is 28.5. The minimum atomic E-state index is -1.39. The molecule has 2 bridgehead atoms. The molecule has 1 aliphatic heterocycles. The summed E-state index contributed by atoms with van der Waals surface area (Å²) in [6.07, 6.45) is -2.81. The Bertz CT molecular complexity index is 1080. The van der Waals surface area contributed by atoms with Gasteiger partial charge in [0.25, 0.3) is 0 Å². The first-order valence-corrected chi connectivity index (χ1v) is 13.2. The van der Waals surface area contributed by atoms with Gasteiger partial charge < -0.3 is 29.7 Å². The van der Waals surface area contributed by atoms with Gasteiger partial charge in [0.15, 0.2) is 0 Å². The van der Waals surface area contributed by atoms with E-state index in [2.05, 4.69) is 16.4 Å². The van der Waals surface area contributed by atoms with Crippen molar-refractivity contribution in [1.29, 1.82) is 0 Å². The summed E-state index contributed by atoms with van der Waals surface area (Å²) in [4.78, 5) is 16.2. The van der Waals surface area contributed by atoms with Gasteiger partial charge in [0, 0.05) is 44.5 Å². The van der Waals surface area contributed by atoms with Gasteiger partial charge in [-0.15, -0.1) is 0 Å². The highest BCUT2D eigenvalue weighted by Crippen LogP contribution is 2.70. The second-order valence-corrected chi connectivity index (χ2v) is 12.5. The van der Waals surface area contributed by atoms with Crippen LogP contribution in [0, 0.1) is 22.2 Å². The second-order valence-electron chi connectivity index (χ2n) is 12.2. The molecule has 1 aromatic rings. The van der Waals surface area contributed by atoms with E-state index < -0.39 is 46.8 Å². The molecular formula is C28H39O8P. The smallest absolute Gasteiger partial charge is 0.373 e. The zero-order valence-corrected chi connectivity index (χ0v) is 23.2. The van der Waals surface area contributed by atoms with Crippen molar-refractivity contribution in [2.24, 2.45) is 22.2 Å². The Kier molecular flexibility index (Phi) is 7.42. The van der Waals surface area contributed by atoms with Gasteiger partial charge in [0.05, 0.1) is 36.6 Å². The highest BCUT2D eigenvalue weighted by Gasteiger charge is 2.73. The summed E-state index contributed by atoms with van der Waals surface area (Å²) in [5.41, 5.74) is -1.41. The lowest BCUT2D eigenvalue weighted by Crippen LogP contribution is -2.75. The SMILES string of the molecule is CC1=C2[C@@H](O)[C@H](O)[C@@]3(C)C([C@H](c4ccccc4)[C@](O)(C[C@@H]1O)C2(C)C)[C@]1(C)CO[C@@H]1C[C@@H]3OP.O=C=O. The van der Waals surface area contributed by atoms with Gasteiger partial charge >= 0.3 is 6.15 Å². The summed E-state index contributed by atoms with van der Waals surface area (Å²) >= 11 is 0. The molecule has 0 amide bonds. The molecule has 1 saturated heterocycles. The maximum Gasteiger partial charge on any atom is 0.373 e. The number of rotatable bonds is 2. The Morgan fingerprint density at radius 2 is 1.68 bits per heavy atom. The van der Waals surface area contributed by atoms with Gasteiger partial charge in [-0.25, -0.2) is 0 Å². The fourth-order valence-electron chi connectivity index (χ4n) is 8.40. The highest BCUT2D eigenvalue weighted by molar-refractivity contribution is 7.09. The summed E-state index contributed by atoms with van der Waals surface area (Å²) < 4.78 is 12.0. The van der Waals surface area contributed by atoms with E-state index in [9.17, 15) is 20.4 Å². The van der Waals surface area contributed by atoms with Crippen molar-refractivity contribution in [2.45, 2.75) is 89.5 Å². The molecule has 9 heteroatoms. The zero-order chi connectivity index (χ0) is 27.6. The predicted molar refractivity (Wildman–Crippen MR) is 137 cm³/mol. The molecule has 0 radical (unpaired) electrons. The molecule has 3 aliphatic carbocycles. The van der Waals surface area contributed by atoms with Crippen LogP contribution in [0.5, 0.6) is 0 Å². The average Bonchev–Trinajstić information content (AvgIpc) is 2.84. The molecule has 3 fully saturated rings. The molecule has 2 unspecified atom stereocenters. The van der Waals surface area contributed by atoms with E-state index in [1.165, 1.54) is 0 Å². The summed E-state index contributed by atoms with van der Waals surface area (Å²) in [6.45, 7) is 10.4. The second kappa shape index (κ2) is 9.62. The van der Waals surface area contributed by atoms with Crippen LogP contribution in [0.25, 0.3) is 0 Å². The van der Waals surface area contributed by atoms with Gasteiger partial charge in [-0.05, 0) is 29.6 Å². The monoisotopic (exact) mass is 534 g/mol. The molecule has 4 N–H and O–H groups in total. The van der Waals surface area contributed by atoms with Crippen LogP contribution in [0.3, 0.4) is 0 Å². The number of aliphatic hydroxyl groups is 4. The minimum Gasteiger partial charge on any atom is -0.389 e. The number of carbonyl (C=O) groups excluding carboxylic acids is 2. The lowest BCUT2D eigenvalue weighted by Gasteiger charge is -2.70. The first-order valence-electron chi connectivity index (χ1n) is 12.8. The van der Waals surface area contributed by atoms with Crippen LogP contribution >= 0.6 is 9.47 Å². The maximum atomic E-state index is 12.8. The molecule has 0 aromatic heterocycles. The Balaban J connectivity index is 0.00000102. The third-order valence-electron chi connectivity index (χ3n) is 10.4. The van der Waals surface area contributed by atoms with E-state index in [0.717, 1.165) is 5.56 Å². The number of benzene rings is 1. The Labute approximate surface area is 220 Å². The molecule has 2 saturated carbocycles. The topological polar surface area (TPSA) is 134 Å². The van der Waals surface area contributed by atoms with Crippen molar-refractivity contribution in [3.63, 3.8) is 0 Å². The van der Waals surface area contributed by atoms with E-state index in [0.29, 0.717) is 24.2 Å². The normalized spacial score (nSPS) is 46.1. The number of ether oxygens (including phenoxy) is 1. The van der Waals surface area contributed by atoms with Gasteiger partial charge in [-0.3, -0.25) is 0 Å². The van der Waals surface area contributed by atoms with E-state index in [-0.39, 0.29) is 30.0 Å². The van der Waals surface area contributed by atoms with Crippen molar-refractivity contribution in [2.75, 3.05) is 6.61 Å². The quantitative estimate of drug-likeness (QED) is 0.336. The molecule has 5 rings (SSSR count). The van der Waals surface area contributed by atoms with Crippen LogP contribution in [0.4, 0.5) is 0 Å². The van der Waals surface area contributed by atoms with Crippen LogP contribution in [-0.2, 0) is 18.8 Å². The number of aliphatic hydroxyl groups excluding tert-OH is 3. The number of fused-ring (bicyclic) bond motifs is 5. The van der Waals surface area contributed by atoms with Crippen molar-refractivity contribution in [3.05, 3.63) is 47.0 Å². The van der Waals surface area contributed by atoms with Crippen molar-refractivity contribution >= 4 is 15.6 Å². The summed E-state index contributed by atoms with van der Waals surface area (Å²) in [7, 11) is 2.35. The third kappa shape index (κ3) is 3.76. The van der Waals surface area contributed by atoms with Crippen LogP contribution in [0.15, 0.2) is 41.5 Å². The van der Waals surface area contributed by atoms with Crippen molar-refractivity contribution in [1.82, 2.24) is 0 Å². The standard InChI is InChI=1S/C27H39O6P.CO2/c1-14-16(28)12-27(31)20(15-9-7-6-8-10-15)22-25(4)13-32-17(25)11-18(33-34)26(22,5)23(30)21(29)19(14)24(27,2)3;2-1-3/h6-10,16-18,20-23,28-31H,11-13,34H2,1-5H3;/t16-,17+,18-,20-,21+,22?,23-,25+,26+,27+;/m0./s1. The third-order valence-corrected chi connectivity index (χ3v) is 10.7. The number of hydrogen-bond acceptors (Lipinski definition) is 8. The molecule has 4 aliphatic rings. The van der Waals surface area contributed by atoms with Crippen LogP contribution < -0.4 is 0 Å². The predicted octanol–water partition coefficient (Wildman–Crippen LogP) is 2.37. The highest BCUT2D eigenvalue weighted by atomic mass is 31.0. The molecule has 0 spiro atoms. The van der Waals surface area contributed by atoms with Gasteiger partial charge in [0.1, 0.15) is 6.10 Å². The molecule has 204 valence electrons. The van der Waals surface area contributed by atoms with Gasteiger partial charge in [-0.2, -0.15) is 9.59 Å². The van der Waals surface area contributed by atoms with Crippen LogP contribution in [0.1, 0.15) is 58.9 Å². The first-order chi connectivity index (χ1) is 17.3. The van der Waals surface area contributed by atoms with E-state index in [1.807, 2.05) is 51.1 Å². The number of hydrogen-bond donors (Lipinski definition) is 4. The lowest BCUT2D eigenvalue weighted by atomic mass is 9.39. The van der Waals surface area contributed by atoms with Gasteiger partial charge in [-0.1, -0.05) is 58.0 Å². The zero-order valence-electron chi connectivity index (χ0n) is 22.0. The molecule has 37 heavy (non-hydrogen) atoms. The maximum absolute atomic E-state index is 12.8. The van der Waals surface area contributed by atoms with Crippen molar-refractivity contribution in [3.8, 4) is 0 Å². The summed E-state index contributed by atoms with van der Waals surface area (Å²) in [5, 5.41) is 47.7. The Hall–Kier alpha value is -1.47. The fraction of sp³-hybridized carbons (Fsp3) is 0.679. The van der Waals surface area contributed by atoms with Crippen molar-refractivity contribution < 1.29 is 39.3 Å². The largest absolute Gasteiger partial charge is 0.389 e. The van der Waals surface area contributed by atoms with E-state index in [4.69, 9.17) is 18.8 Å². The molecule has 1 heterocycles. The molecular weight excluding hydrogens is 495 g/mol. The fourth-order valence-corrected chi connectivity index (χ4v) is 8.80. The van der Waals surface area contributed by atoms with Gasteiger partial charge in [0.2, 0.25) is 0 Å². The Morgan fingerprint density at radius 1 is 1.08 bits per heavy atom. The average molecular weight is 535 g/mol. The van der Waals surface area contributed by atoms with E-state index >= 15 is 0 Å². The summed E-state index contributed by atoms with van der Waals surface area (Å²) in [6, 6.07) is 9.96. The van der Waals surface area contributed by atoms with E-state index in [1.54, 1.807) is 6.92 Å². The minimum absolute atomic E-state index is 0.0805.